The molecular weight excluding hydrogens is 925 g/mol. The van der Waals surface area contributed by atoms with E-state index in [1.165, 1.54) is 89.9 Å². The van der Waals surface area contributed by atoms with E-state index in [0.29, 0.717) is 19.3 Å². The fourth-order valence-electron chi connectivity index (χ4n) is 8.30. The van der Waals surface area contributed by atoms with Crippen molar-refractivity contribution in [3.8, 4) is 0 Å². The second kappa shape index (κ2) is 62.4. The second-order valence-electron chi connectivity index (χ2n) is 20.2. The van der Waals surface area contributed by atoms with Gasteiger partial charge < -0.3 is 14.2 Å². The predicted molar refractivity (Wildman–Crippen MR) is 325 cm³/mol. The molecule has 1 unspecified atom stereocenters. The molecule has 0 amide bonds. The Morgan fingerprint density at radius 1 is 0.280 bits per heavy atom. The van der Waals surface area contributed by atoms with E-state index in [1.807, 2.05) is 0 Å². The molecule has 0 N–H and O–H groups in total. The highest BCUT2D eigenvalue weighted by atomic mass is 16.6. The second-order valence-corrected chi connectivity index (χ2v) is 20.2. The molecule has 0 aromatic carbocycles. The topological polar surface area (TPSA) is 78.9 Å². The zero-order valence-electron chi connectivity index (χ0n) is 48.8. The number of allylic oxidation sites excluding steroid dienone is 20. The van der Waals surface area contributed by atoms with Crippen LogP contribution in [0.3, 0.4) is 0 Å². The normalized spacial score (nSPS) is 12.9. The summed E-state index contributed by atoms with van der Waals surface area (Å²) >= 11 is 0. The van der Waals surface area contributed by atoms with Crippen LogP contribution >= 0.6 is 0 Å². The highest BCUT2D eigenvalue weighted by Crippen LogP contribution is 2.15. The first kappa shape index (κ1) is 70.8. The summed E-state index contributed by atoms with van der Waals surface area (Å²) in [6, 6.07) is 0. The largest absolute Gasteiger partial charge is 0.462 e. The third-order valence-electron chi connectivity index (χ3n) is 13.0. The molecule has 1 atom stereocenters. The molecule has 75 heavy (non-hydrogen) atoms. The molecule has 0 radical (unpaired) electrons. The van der Waals surface area contributed by atoms with E-state index >= 15 is 0 Å². The predicted octanol–water partition coefficient (Wildman–Crippen LogP) is 21.2. The Balaban J connectivity index is 4.30. The molecule has 426 valence electrons. The number of carbonyl (C=O) groups excluding carboxylic acids is 3. The van der Waals surface area contributed by atoms with E-state index in [4.69, 9.17) is 14.2 Å². The summed E-state index contributed by atoms with van der Waals surface area (Å²) in [5, 5.41) is 0. The first-order chi connectivity index (χ1) is 37.0. The van der Waals surface area contributed by atoms with Gasteiger partial charge in [0.05, 0.1) is 0 Å². The van der Waals surface area contributed by atoms with Gasteiger partial charge in [0.15, 0.2) is 6.10 Å². The SMILES string of the molecule is CC/C=C\C/C=C\C/C=C\C/C=C\C/C=C\C/C=C\C/C=C\C/C=C\CCCCCCCCC(=O)OCC(COC(=O)CCCCCCCCCCCCCC)OC(=O)CCCCCCC/C=C\C/C=C\CCCC. The summed E-state index contributed by atoms with van der Waals surface area (Å²) < 4.78 is 16.9. The molecule has 0 aliphatic rings. The monoisotopic (exact) mass is 1040 g/mol. The number of rotatable bonds is 55. The molecule has 6 nitrogen and oxygen atoms in total. The number of esters is 3. The average Bonchev–Trinajstić information content (AvgIpc) is 3.41. The van der Waals surface area contributed by atoms with E-state index in [2.05, 4.69) is 142 Å². The number of hydrogen-bond donors (Lipinski definition) is 0. The highest BCUT2D eigenvalue weighted by molar-refractivity contribution is 5.71. The zero-order valence-corrected chi connectivity index (χ0v) is 48.8. The molecule has 0 aliphatic carbocycles. The van der Waals surface area contributed by atoms with Gasteiger partial charge in [0.2, 0.25) is 0 Å². The van der Waals surface area contributed by atoms with E-state index in [9.17, 15) is 14.4 Å². The summed E-state index contributed by atoms with van der Waals surface area (Å²) in [5.41, 5.74) is 0. The Hall–Kier alpha value is -4.19. The average molecular weight is 1040 g/mol. The number of carbonyl (C=O) groups is 3. The molecule has 0 heterocycles. The summed E-state index contributed by atoms with van der Waals surface area (Å²) in [4.78, 5) is 38.2. The molecule has 0 spiro atoms. The zero-order chi connectivity index (χ0) is 54.3. The highest BCUT2D eigenvalue weighted by Gasteiger charge is 2.19. The summed E-state index contributed by atoms with van der Waals surface area (Å²) in [7, 11) is 0. The standard InChI is InChI=1S/C69H114O6/c1-4-7-10-13-16-19-22-25-27-28-29-30-31-32-33-34-35-36-37-38-39-40-41-42-43-45-47-50-53-56-59-62-68(71)74-65-66(64-73-67(70)61-58-55-52-49-46-24-21-18-15-12-9-6-3)75-69(72)63-60-57-54-51-48-44-26-23-20-17-14-11-8-5-2/h7,10,14,16-17,19,23,25-27,29-30,32-33,35-36,38-39,41-42,66H,4-6,8-9,11-13,15,18,20-22,24,28,31,34,37,40,43-65H2,1-3H3/b10-7-,17-14-,19-16-,26-23-,27-25-,30-29-,33-32-,36-35-,39-38-,42-41-. The van der Waals surface area contributed by atoms with Gasteiger partial charge >= 0.3 is 17.9 Å². The van der Waals surface area contributed by atoms with Crippen molar-refractivity contribution in [1.29, 1.82) is 0 Å². The Morgan fingerprint density at radius 2 is 0.533 bits per heavy atom. The van der Waals surface area contributed by atoms with Crippen LogP contribution in [-0.4, -0.2) is 37.2 Å². The van der Waals surface area contributed by atoms with Crippen LogP contribution in [0.2, 0.25) is 0 Å². The third-order valence-corrected chi connectivity index (χ3v) is 13.0. The molecular formula is C69H114O6. The molecule has 0 aromatic rings. The van der Waals surface area contributed by atoms with Gasteiger partial charge in [-0.2, -0.15) is 0 Å². The minimum atomic E-state index is -0.793. The van der Waals surface area contributed by atoms with Gasteiger partial charge in [-0.1, -0.05) is 271 Å². The van der Waals surface area contributed by atoms with Crippen LogP contribution in [0.5, 0.6) is 0 Å². The Labute approximate surface area is 462 Å². The fraction of sp³-hybridized carbons (Fsp3) is 0.667. The van der Waals surface area contributed by atoms with Crippen molar-refractivity contribution in [3.63, 3.8) is 0 Å². The van der Waals surface area contributed by atoms with Crippen molar-refractivity contribution in [2.75, 3.05) is 13.2 Å². The van der Waals surface area contributed by atoms with Crippen LogP contribution in [0.4, 0.5) is 0 Å². The molecule has 6 heteroatoms. The lowest BCUT2D eigenvalue weighted by molar-refractivity contribution is -0.167. The maximum atomic E-state index is 12.8. The van der Waals surface area contributed by atoms with Crippen molar-refractivity contribution < 1.29 is 28.6 Å². The first-order valence-electron chi connectivity index (χ1n) is 31.0. The summed E-state index contributed by atoms with van der Waals surface area (Å²) in [5.74, 6) is -0.916. The molecule has 0 saturated carbocycles. The van der Waals surface area contributed by atoms with E-state index < -0.39 is 6.10 Å². The van der Waals surface area contributed by atoms with Crippen molar-refractivity contribution in [2.24, 2.45) is 0 Å². The van der Waals surface area contributed by atoms with E-state index in [0.717, 1.165) is 148 Å². The molecule has 0 saturated heterocycles. The van der Waals surface area contributed by atoms with Crippen molar-refractivity contribution in [2.45, 2.75) is 284 Å². The fourth-order valence-corrected chi connectivity index (χ4v) is 8.30. The van der Waals surface area contributed by atoms with Crippen LogP contribution in [0.25, 0.3) is 0 Å². The van der Waals surface area contributed by atoms with Crippen molar-refractivity contribution in [1.82, 2.24) is 0 Å². The van der Waals surface area contributed by atoms with Gasteiger partial charge in [0.1, 0.15) is 13.2 Å². The van der Waals surface area contributed by atoms with E-state index in [1.54, 1.807) is 0 Å². The smallest absolute Gasteiger partial charge is 0.306 e. The molecule has 0 bridgehead atoms. The minimum absolute atomic E-state index is 0.0882. The Morgan fingerprint density at radius 3 is 0.853 bits per heavy atom. The van der Waals surface area contributed by atoms with Gasteiger partial charge in [0.25, 0.3) is 0 Å². The molecule has 0 rings (SSSR count). The lowest BCUT2D eigenvalue weighted by Gasteiger charge is -2.18. The Bertz CT molecular complexity index is 1570. The third kappa shape index (κ3) is 60.6. The summed E-state index contributed by atoms with van der Waals surface area (Å²) in [6.45, 7) is 6.46. The quantitative estimate of drug-likeness (QED) is 0.0261. The van der Waals surface area contributed by atoms with Crippen molar-refractivity contribution >= 4 is 17.9 Å². The van der Waals surface area contributed by atoms with Gasteiger partial charge in [-0.25, -0.2) is 0 Å². The van der Waals surface area contributed by atoms with Crippen LogP contribution in [0.1, 0.15) is 278 Å². The maximum absolute atomic E-state index is 12.8. The molecule has 0 aromatic heterocycles. The van der Waals surface area contributed by atoms with Crippen LogP contribution in [0, 0.1) is 0 Å². The van der Waals surface area contributed by atoms with E-state index in [-0.39, 0.29) is 31.1 Å². The molecule has 0 aliphatic heterocycles. The lowest BCUT2D eigenvalue weighted by Crippen LogP contribution is -2.30. The van der Waals surface area contributed by atoms with Crippen LogP contribution in [0.15, 0.2) is 122 Å². The van der Waals surface area contributed by atoms with Crippen molar-refractivity contribution in [3.05, 3.63) is 122 Å². The Kier molecular flexibility index (Phi) is 58.9. The first-order valence-corrected chi connectivity index (χ1v) is 31.0. The van der Waals surface area contributed by atoms with Gasteiger partial charge in [-0.3, -0.25) is 14.4 Å². The molecule has 0 fully saturated rings. The van der Waals surface area contributed by atoms with Gasteiger partial charge in [0, 0.05) is 19.3 Å². The maximum Gasteiger partial charge on any atom is 0.306 e. The van der Waals surface area contributed by atoms with Gasteiger partial charge in [-0.15, -0.1) is 0 Å². The van der Waals surface area contributed by atoms with Gasteiger partial charge in [-0.05, 0) is 109 Å². The number of ether oxygens (including phenoxy) is 3. The van der Waals surface area contributed by atoms with Crippen LogP contribution in [-0.2, 0) is 28.6 Å². The van der Waals surface area contributed by atoms with Crippen LogP contribution < -0.4 is 0 Å². The summed E-state index contributed by atoms with van der Waals surface area (Å²) in [6.07, 6.45) is 86.3. The lowest BCUT2D eigenvalue weighted by atomic mass is 10.0. The number of unbranched alkanes of at least 4 members (excludes halogenated alkanes) is 24. The number of hydrogen-bond acceptors (Lipinski definition) is 6. The minimum Gasteiger partial charge on any atom is -0.462 e.